The van der Waals surface area contributed by atoms with Gasteiger partial charge in [-0.25, -0.2) is 8.42 Å². The summed E-state index contributed by atoms with van der Waals surface area (Å²) in [6.07, 6.45) is 1.89. The van der Waals surface area contributed by atoms with Crippen LogP contribution >= 0.6 is 0 Å². The van der Waals surface area contributed by atoms with Crippen LogP contribution in [0.15, 0.2) is 29.2 Å². The molecule has 1 unspecified atom stereocenters. The van der Waals surface area contributed by atoms with Gasteiger partial charge in [0.05, 0.1) is 32.9 Å². The van der Waals surface area contributed by atoms with Crippen molar-refractivity contribution in [3.8, 4) is 0 Å². The number of ketones is 1. The van der Waals surface area contributed by atoms with Gasteiger partial charge in [-0.2, -0.15) is 0 Å². The smallest absolute Gasteiger partial charge is 0.232 e. The van der Waals surface area contributed by atoms with Gasteiger partial charge in [-0.15, -0.1) is 0 Å². The Labute approximate surface area is 135 Å². The van der Waals surface area contributed by atoms with Crippen molar-refractivity contribution in [2.45, 2.75) is 43.8 Å². The lowest BCUT2D eigenvalue weighted by Crippen LogP contribution is -2.43. The summed E-state index contributed by atoms with van der Waals surface area (Å²) in [6.45, 7) is 5.64. The lowest BCUT2D eigenvalue weighted by Gasteiger charge is -2.33. The van der Waals surface area contributed by atoms with Gasteiger partial charge in [-0.1, -0.05) is 26.0 Å². The Hall–Kier alpha value is -1.21. The first-order chi connectivity index (χ1) is 10.3. The number of sulfonamides is 1. The number of rotatable bonds is 4. The molecule has 22 heavy (non-hydrogen) atoms. The number of hydrogen-bond acceptors (Lipinski definition) is 4. The largest absolute Gasteiger partial charge is 0.300 e. The highest BCUT2D eigenvalue weighted by atomic mass is 32.2. The van der Waals surface area contributed by atoms with Gasteiger partial charge in [0, 0.05) is 13.0 Å². The number of Topliss-reactive ketones (excluding diaryl/α,β-unsaturated/α-hetero) is 1. The second kappa shape index (κ2) is 7.87. The molecule has 1 aliphatic rings. The molecule has 2 rings (SSSR count). The monoisotopic (exact) mass is 345 g/mol. The number of hydrogen-bond donors (Lipinski definition) is 0. The average molecular weight is 345 g/mol. The second-order valence-corrected chi connectivity index (χ2v) is 8.53. The molecule has 0 radical (unpaired) electrons. The van der Waals surface area contributed by atoms with Crippen LogP contribution in [0, 0.1) is 0 Å². The van der Waals surface area contributed by atoms with Gasteiger partial charge in [-0.3, -0.25) is 8.51 Å². The number of benzene rings is 1. The van der Waals surface area contributed by atoms with E-state index in [9.17, 15) is 17.4 Å². The Balaban J connectivity index is 0.00000116. The lowest BCUT2D eigenvalue weighted by atomic mass is 10.2. The van der Waals surface area contributed by atoms with E-state index in [1.165, 1.54) is 11.2 Å². The molecule has 0 fully saturated rings. The maximum absolute atomic E-state index is 12.5. The van der Waals surface area contributed by atoms with E-state index in [2.05, 4.69) is 0 Å². The maximum Gasteiger partial charge on any atom is 0.232 e. The van der Waals surface area contributed by atoms with Crippen LogP contribution in [0.3, 0.4) is 0 Å². The normalized spacial score (nSPS) is 20.6. The number of fused-ring (bicyclic) bond motifs is 1. The minimum absolute atomic E-state index is 0.0202. The molecule has 7 heteroatoms. The average Bonchev–Trinajstić information content (AvgIpc) is 2.47. The van der Waals surface area contributed by atoms with Crippen molar-refractivity contribution in [3.05, 3.63) is 24.3 Å². The van der Waals surface area contributed by atoms with Crippen molar-refractivity contribution in [1.82, 2.24) is 0 Å². The first kappa shape index (κ1) is 18.8. The SMILES string of the molecule is CC.CC(=O)CC[C@H]1CN(S(C)(=O)=O)c2ccccc2S1=O. The predicted molar refractivity (Wildman–Crippen MR) is 90.1 cm³/mol. The molecule has 0 amide bonds. The van der Waals surface area contributed by atoms with Gasteiger partial charge in [0.2, 0.25) is 10.0 Å². The van der Waals surface area contributed by atoms with Crippen LogP contribution in [-0.2, 0) is 25.6 Å². The van der Waals surface area contributed by atoms with E-state index in [1.807, 2.05) is 13.8 Å². The van der Waals surface area contributed by atoms with E-state index >= 15 is 0 Å². The summed E-state index contributed by atoms with van der Waals surface area (Å²) < 4.78 is 37.6. The van der Waals surface area contributed by atoms with Crippen molar-refractivity contribution in [3.63, 3.8) is 0 Å². The summed E-state index contributed by atoms with van der Waals surface area (Å²) in [7, 11) is -4.70. The molecule has 0 spiro atoms. The van der Waals surface area contributed by atoms with E-state index in [-0.39, 0.29) is 17.6 Å². The third-order valence-electron chi connectivity index (χ3n) is 3.24. The molecule has 1 heterocycles. The maximum atomic E-state index is 12.5. The van der Waals surface area contributed by atoms with Crippen molar-refractivity contribution < 1.29 is 17.4 Å². The fourth-order valence-corrected chi connectivity index (χ4v) is 4.93. The minimum Gasteiger partial charge on any atom is -0.300 e. The van der Waals surface area contributed by atoms with Gasteiger partial charge in [0.25, 0.3) is 0 Å². The van der Waals surface area contributed by atoms with Gasteiger partial charge >= 0.3 is 0 Å². The summed E-state index contributed by atoms with van der Waals surface area (Å²) in [5, 5.41) is -0.344. The Morgan fingerprint density at radius 2 is 1.91 bits per heavy atom. The van der Waals surface area contributed by atoms with E-state index in [4.69, 9.17) is 0 Å². The number of anilines is 1. The summed E-state index contributed by atoms with van der Waals surface area (Å²) in [6, 6.07) is 6.81. The number of carbonyl (C=O) groups is 1. The molecule has 0 saturated heterocycles. The highest BCUT2D eigenvalue weighted by molar-refractivity contribution is 7.92. The van der Waals surface area contributed by atoms with Gasteiger partial charge < -0.3 is 4.79 Å². The van der Waals surface area contributed by atoms with Crippen LogP contribution in [0.1, 0.15) is 33.6 Å². The molecule has 2 atom stereocenters. The molecule has 5 nitrogen and oxygen atoms in total. The third kappa shape index (κ3) is 4.39. The van der Waals surface area contributed by atoms with Crippen molar-refractivity contribution in [1.29, 1.82) is 0 Å². The lowest BCUT2D eigenvalue weighted by molar-refractivity contribution is -0.117. The summed E-state index contributed by atoms with van der Waals surface area (Å²) in [5.74, 6) is 0.0202. The van der Waals surface area contributed by atoms with Gasteiger partial charge in [0.1, 0.15) is 5.78 Å². The van der Waals surface area contributed by atoms with Crippen LogP contribution in [0.5, 0.6) is 0 Å². The van der Waals surface area contributed by atoms with Gasteiger partial charge in [0.15, 0.2) is 0 Å². The fraction of sp³-hybridized carbons (Fsp3) is 0.533. The first-order valence-corrected chi connectivity index (χ1v) is 10.3. The first-order valence-electron chi connectivity index (χ1n) is 7.27. The molecule has 1 aliphatic heterocycles. The Morgan fingerprint density at radius 1 is 1.32 bits per heavy atom. The molecule has 0 aromatic heterocycles. The summed E-state index contributed by atoms with van der Waals surface area (Å²) in [4.78, 5) is 11.6. The Kier molecular flexibility index (Phi) is 6.74. The van der Waals surface area contributed by atoms with Crippen molar-refractivity contribution >= 4 is 32.3 Å². The molecule has 0 bridgehead atoms. The third-order valence-corrected chi connectivity index (χ3v) is 6.16. The van der Waals surface area contributed by atoms with Gasteiger partial charge in [-0.05, 0) is 25.5 Å². The highest BCUT2D eigenvalue weighted by Crippen LogP contribution is 2.34. The molecular formula is C15H23NO4S2. The number of nitrogens with zero attached hydrogens (tertiary/aromatic N) is 1. The Bertz CT molecular complexity index is 655. The molecule has 1 aromatic carbocycles. The standard InChI is InChI=1S/C13H17NO4S2.C2H6/c1-10(15)7-8-11-9-14(20(2,17)18)12-5-3-4-6-13(12)19(11)16;1-2/h3-6,11H,7-9H2,1-2H3;1-2H3/t11-,19?;/m0./s1. The summed E-state index contributed by atoms with van der Waals surface area (Å²) in [5.41, 5.74) is 0.479. The topological polar surface area (TPSA) is 71.5 Å². The molecule has 0 saturated carbocycles. The van der Waals surface area contributed by atoms with E-state index in [0.717, 1.165) is 6.26 Å². The summed E-state index contributed by atoms with van der Waals surface area (Å²) >= 11 is 0. The highest BCUT2D eigenvalue weighted by Gasteiger charge is 2.34. The molecule has 1 aromatic rings. The van der Waals surface area contributed by atoms with E-state index in [1.54, 1.807) is 24.3 Å². The molecular weight excluding hydrogens is 322 g/mol. The zero-order valence-corrected chi connectivity index (χ0v) is 15.0. The van der Waals surface area contributed by atoms with Crippen LogP contribution in [-0.4, -0.2) is 36.5 Å². The second-order valence-electron chi connectivity index (χ2n) is 4.92. The zero-order chi connectivity index (χ0) is 16.9. The van der Waals surface area contributed by atoms with E-state index < -0.39 is 20.8 Å². The molecule has 0 N–H and O–H groups in total. The quantitative estimate of drug-likeness (QED) is 0.840. The molecule has 0 aliphatic carbocycles. The van der Waals surface area contributed by atoms with Crippen LogP contribution in [0.2, 0.25) is 0 Å². The number of para-hydroxylation sites is 1. The van der Waals surface area contributed by atoms with Crippen LogP contribution in [0.4, 0.5) is 5.69 Å². The molecule has 124 valence electrons. The van der Waals surface area contributed by atoms with Crippen molar-refractivity contribution in [2.75, 3.05) is 17.1 Å². The number of carbonyl (C=O) groups excluding carboxylic acids is 1. The fourth-order valence-electron chi connectivity index (χ4n) is 2.24. The van der Waals surface area contributed by atoms with E-state index in [0.29, 0.717) is 23.4 Å². The van der Waals surface area contributed by atoms with Crippen LogP contribution < -0.4 is 4.31 Å². The Morgan fingerprint density at radius 3 is 2.45 bits per heavy atom. The van der Waals surface area contributed by atoms with Crippen LogP contribution in [0.25, 0.3) is 0 Å². The zero-order valence-electron chi connectivity index (χ0n) is 13.4. The minimum atomic E-state index is -3.42. The predicted octanol–water partition coefficient (Wildman–Crippen LogP) is 2.34. The van der Waals surface area contributed by atoms with Crippen molar-refractivity contribution in [2.24, 2.45) is 0 Å².